The summed E-state index contributed by atoms with van der Waals surface area (Å²) in [5, 5.41) is 11.0. The van der Waals surface area contributed by atoms with Crippen molar-refractivity contribution < 1.29 is 9.90 Å². The molecule has 1 aromatic carbocycles. The summed E-state index contributed by atoms with van der Waals surface area (Å²) in [4.78, 5) is 10.3. The quantitative estimate of drug-likeness (QED) is 0.830. The summed E-state index contributed by atoms with van der Waals surface area (Å²) in [6.07, 6.45) is 1.08. The van der Waals surface area contributed by atoms with Gasteiger partial charge in [0.2, 0.25) is 0 Å². The van der Waals surface area contributed by atoms with Crippen LogP contribution in [-0.4, -0.2) is 17.0 Å². The van der Waals surface area contributed by atoms with E-state index in [4.69, 9.17) is 23.2 Å². The Bertz CT molecular complexity index is 362. The Morgan fingerprint density at radius 3 is 2.73 bits per heavy atom. The van der Waals surface area contributed by atoms with Crippen molar-refractivity contribution in [2.24, 2.45) is 0 Å². The predicted molar refractivity (Wildman–Crippen MR) is 61.5 cm³/mol. The van der Waals surface area contributed by atoms with Gasteiger partial charge in [-0.1, -0.05) is 23.2 Å². The number of carbonyl (C=O) groups excluding carboxylic acids is 1. The van der Waals surface area contributed by atoms with Gasteiger partial charge in [-0.3, -0.25) is 0 Å². The molecule has 0 spiro atoms. The minimum atomic E-state index is -1.07. The SMILES string of the molecule is CC(O)(CC=O)Cc1cc(Cl)ccc1Cl. The molecule has 0 aromatic heterocycles. The van der Waals surface area contributed by atoms with E-state index < -0.39 is 5.60 Å². The fourth-order valence-corrected chi connectivity index (χ4v) is 1.72. The lowest BCUT2D eigenvalue weighted by Crippen LogP contribution is -2.27. The molecule has 0 aliphatic heterocycles. The second-order valence-corrected chi connectivity index (χ2v) is 4.62. The average molecular weight is 247 g/mol. The number of carbonyl (C=O) groups is 1. The first-order valence-corrected chi connectivity index (χ1v) is 5.30. The van der Waals surface area contributed by atoms with Crippen LogP contribution in [0.25, 0.3) is 0 Å². The largest absolute Gasteiger partial charge is 0.389 e. The van der Waals surface area contributed by atoms with E-state index in [-0.39, 0.29) is 6.42 Å². The molecule has 1 aromatic rings. The maximum Gasteiger partial charge on any atom is 0.122 e. The van der Waals surface area contributed by atoms with Gasteiger partial charge in [0.25, 0.3) is 0 Å². The Morgan fingerprint density at radius 1 is 1.47 bits per heavy atom. The van der Waals surface area contributed by atoms with Crippen LogP contribution in [0.4, 0.5) is 0 Å². The highest BCUT2D eigenvalue weighted by molar-refractivity contribution is 6.33. The predicted octanol–water partition coefficient (Wildman–Crippen LogP) is 2.88. The summed E-state index contributed by atoms with van der Waals surface area (Å²) < 4.78 is 0. The molecule has 82 valence electrons. The molecule has 0 fully saturated rings. The summed E-state index contributed by atoms with van der Waals surface area (Å²) in [5.74, 6) is 0. The zero-order valence-corrected chi connectivity index (χ0v) is 9.85. The van der Waals surface area contributed by atoms with E-state index in [0.717, 1.165) is 5.56 Å². The first kappa shape index (κ1) is 12.5. The maximum atomic E-state index is 10.3. The number of rotatable bonds is 4. The minimum absolute atomic E-state index is 0.0792. The fraction of sp³-hybridized carbons (Fsp3) is 0.364. The molecule has 0 bridgehead atoms. The van der Waals surface area contributed by atoms with Crippen LogP contribution in [0.5, 0.6) is 0 Å². The molecule has 4 heteroatoms. The molecular weight excluding hydrogens is 235 g/mol. The Balaban J connectivity index is 2.88. The van der Waals surface area contributed by atoms with Crippen molar-refractivity contribution in [1.29, 1.82) is 0 Å². The molecule has 0 amide bonds. The van der Waals surface area contributed by atoms with Crippen LogP contribution >= 0.6 is 23.2 Å². The Labute approximate surface area is 98.8 Å². The third kappa shape index (κ3) is 3.82. The highest BCUT2D eigenvalue weighted by Crippen LogP contribution is 2.25. The van der Waals surface area contributed by atoms with Crippen LogP contribution < -0.4 is 0 Å². The van der Waals surface area contributed by atoms with E-state index in [9.17, 15) is 9.90 Å². The molecule has 1 rings (SSSR count). The highest BCUT2D eigenvalue weighted by Gasteiger charge is 2.21. The molecule has 0 saturated heterocycles. The summed E-state index contributed by atoms with van der Waals surface area (Å²) in [6.45, 7) is 1.60. The monoisotopic (exact) mass is 246 g/mol. The molecule has 2 nitrogen and oxygen atoms in total. The lowest BCUT2D eigenvalue weighted by Gasteiger charge is -2.21. The molecule has 0 saturated carbocycles. The zero-order valence-electron chi connectivity index (χ0n) is 8.34. The van der Waals surface area contributed by atoms with Crippen molar-refractivity contribution in [3.63, 3.8) is 0 Å². The van der Waals surface area contributed by atoms with Crippen molar-refractivity contribution in [3.05, 3.63) is 33.8 Å². The van der Waals surface area contributed by atoms with Gasteiger partial charge >= 0.3 is 0 Å². The van der Waals surface area contributed by atoms with Crippen molar-refractivity contribution in [2.45, 2.75) is 25.4 Å². The summed E-state index contributed by atoms with van der Waals surface area (Å²) >= 11 is 11.8. The van der Waals surface area contributed by atoms with Gasteiger partial charge in [0.1, 0.15) is 6.29 Å². The molecule has 0 heterocycles. The molecule has 0 aliphatic carbocycles. The van der Waals surface area contributed by atoms with Gasteiger partial charge in [-0.25, -0.2) is 0 Å². The van der Waals surface area contributed by atoms with Gasteiger partial charge in [0.05, 0.1) is 5.60 Å². The van der Waals surface area contributed by atoms with E-state index in [1.54, 1.807) is 25.1 Å². The number of aldehydes is 1. The van der Waals surface area contributed by atoms with E-state index in [2.05, 4.69) is 0 Å². The summed E-state index contributed by atoms with van der Waals surface area (Å²) in [6, 6.07) is 5.06. The van der Waals surface area contributed by atoms with Gasteiger partial charge < -0.3 is 9.90 Å². The summed E-state index contributed by atoms with van der Waals surface area (Å²) in [5.41, 5.74) is -0.327. The molecular formula is C11H12Cl2O2. The Morgan fingerprint density at radius 2 is 2.13 bits per heavy atom. The lowest BCUT2D eigenvalue weighted by molar-refractivity contribution is -0.111. The van der Waals surface area contributed by atoms with Gasteiger partial charge in [-0.2, -0.15) is 0 Å². The van der Waals surface area contributed by atoms with Crippen LogP contribution in [0.3, 0.4) is 0 Å². The van der Waals surface area contributed by atoms with Crippen molar-refractivity contribution in [3.8, 4) is 0 Å². The highest BCUT2D eigenvalue weighted by atomic mass is 35.5. The molecule has 1 N–H and O–H groups in total. The van der Waals surface area contributed by atoms with E-state index in [1.807, 2.05) is 0 Å². The fourth-order valence-electron chi connectivity index (χ4n) is 1.34. The third-order valence-corrected chi connectivity index (χ3v) is 2.71. The topological polar surface area (TPSA) is 37.3 Å². The Hall–Kier alpha value is -0.570. The normalized spacial score (nSPS) is 14.7. The van der Waals surface area contributed by atoms with Crippen molar-refractivity contribution in [1.82, 2.24) is 0 Å². The van der Waals surface area contributed by atoms with E-state index in [0.29, 0.717) is 22.8 Å². The molecule has 0 radical (unpaired) electrons. The number of hydrogen-bond acceptors (Lipinski definition) is 2. The third-order valence-electron chi connectivity index (χ3n) is 2.10. The van der Waals surface area contributed by atoms with Crippen LogP contribution in [0, 0.1) is 0 Å². The van der Waals surface area contributed by atoms with Gasteiger partial charge in [0.15, 0.2) is 0 Å². The zero-order chi connectivity index (χ0) is 11.5. The number of hydrogen-bond donors (Lipinski definition) is 1. The first-order chi connectivity index (χ1) is 6.94. The van der Waals surface area contributed by atoms with Gasteiger partial charge in [0, 0.05) is 22.9 Å². The standard InChI is InChI=1S/C11H12Cl2O2/c1-11(15,4-5-14)7-8-6-9(12)2-3-10(8)13/h2-3,5-6,15H,4,7H2,1H3. The maximum absolute atomic E-state index is 10.3. The number of aliphatic hydroxyl groups is 1. The van der Waals surface area contributed by atoms with Gasteiger partial charge in [-0.15, -0.1) is 0 Å². The number of benzene rings is 1. The van der Waals surface area contributed by atoms with Crippen LogP contribution in [0.2, 0.25) is 10.0 Å². The molecule has 1 unspecified atom stereocenters. The molecule has 1 atom stereocenters. The second-order valence-electron chi connectivity index (χ2n) is 3.78. The van der Waals surface area contributed by atoms with E-state index in [1.165, 1.54) is 0 Å². The second kappa shape index (κ2) is 4.97. The van der Waals surface area contributed by atoms with Crippen molar-refractivity contribution >= 4 is 29.5 Å². The average Bonchev–Trinajstić information content (AvgIpc) is 2.10. The van der Waals surface area contributed by atoms with E-state index >= 15 is 0 Å². The van der Waals surface area contributed by atoms with Crippen molar-refractivity contribution in [2.75, 3.05) is 0 Å². The first-order valence-electron chi connectivity index (χ1n) is 4.54. The van der Waals surface area contributed by atoms with Crippen LogP contribution in [-0.2, 0) is 11.2 Å². The molecule has 15 heavy (non-hydrogen) atoms. The van der Waals surface area contributed by atoms with Gasteiger partial charge in [-0.05, 0) is 30.7 Å². The molecule has 0 aliphatic rings. The smallest absolute Gasteiger partial charge is 0.122 e. The van der Waals surface area contributed by atoms with Crippen LogP contribution in [0.1, 0.15) is 18.9 Å². The Kier molecular flexibility index (Phi) is 4.14. The lowest BCUT2D eigenvalue weighted by atomic mass is 9.94. The summed E-state index contributed by atoms with van der Waals surface area (Å²) in [7, 11) is 0. The number of halogens is 2. The van der Waals surface area contributed by atoms with Crippen LogP contribution in [0.15, 0.2) is 18.2 Å². The minimum Gasteiger partial charge on any atom is -0.389 e.